The lowest BCUT2D eigenvalue weighted by Crippen LogP contribution is -2.52. The zero-order valence-electron chi connectivity index (χ0n) is 13.3. The highest BCUT2D eigenvalue weighted by Crippen LogP contribution is 2.25. The van der Waals surface area contributed by atoms with Crippen molar-refractivity contribution < 1.29 is 19.3 Å². The van der Waals surface area contributed by atoms with Crippen LogP contribution in [0.3, 0.4) is 0 Å². The van der Waals surface area contributed by atoms with Crippen LogP contribution in [0, 0.1) is 0 Å². The maximum absolute atomic E-state index is 9.91. The van der Waals surface area contributed by atoms with Crippen molar-refractivity contribution in [2.24, 2.45) is 0 Å². The first-order valence-electron chi connectivity index (χ1n) is 8.03. The first-order chi connectivity index (χ1) is 11.7. The number of hydrogen-bond acceptors (Lipinski definition) is 5. The monoisotopic (exact) mass is 346 g/mol. The zero-order chi connectivity index (χ0) is 16.8. The fourth-order valence-corrected chi connectivity index (χ4v) is 3.03. The van der Waals surface area contributed by atoms with E-state index in [0.717, 1.165) is 11.1 Å². The van der Waals surface area contributed by atoms with E-state index in [-0.39, 0.29) is 18.8 Å². The molecular formula is C19H22O4S. The van der Waals surface area contributed by atoms with Crippen LogP contribution in [0.5, 0.6) is 0 Å². The molecule has 0 spiro atoms. The summed E-state index contributed by atoms with van der Waals surface area (Å²) >= 11 is 4.46. The lowest BCUT2D eigenvalue weighted by molar-refractivity contribution is -0.216. The first kappa shape index (κ1) is 17.5. The van der Waals surface area contributed by atoms with Gasteiger partial charge in [-0.1, -0.05) is 60.7 Å². The van der Waals surface area contributed by atoms with Gasteiger partial charge in [0.15, 0.2) is 6.29 Å². The zero-order valence-corrected chi connectivity index (χ0v) is 14.2. The fraction of sp³-hybridized carbons (Fsp3) is 0.368. The second kappa shape index (κ2) is 8.65. The van der Waals surface area contributed by atoms with Gasteiger partial charge in [0.2, 0.25) is 0 Å². The smallest absolute Gasteiger partial charge is 0.168 e. The molecule has 1 aliphatic heterocycles. The Bertz CT molecular complexity index is 607. The molecule has 3 rings (SSSR count). The minimum atomic E-state index is -0.953. The van der Waals surface area contributed by atoms with Gasteiger partial charge in [-0.3, -0.25) is 0 Å². The van der Waals surface area contributed by atoms with Gasteiger partial charge in [0.05, 0.1) is 25.1 Å². The number of rotatable bonds is 6. The van der Waals surface area contributed by atoms with Gasteiger partial charge < -0.3 is 19.3 Å². The van der Waals surface area contributed by atoms with Crippen molar-refractivity contribution in [2.45, 2.75) is 37.0 Å². The normalized spacial score (nSPS) is 27.1. The second-order valence-corrected chi connectivity index (χ2v) is 6.41. The fourth-order valence-electron chi connectivity index (χ4n) is 2.66. The van der Waals surface area contributed by atoms with Crippen LogP contribution in [0.15, 0.2) is 60.7 Å². The van der Waals surface area contributed by atoms with Crippen molar-refractivity contribution in [1.29, 1.82) is 0 Å². The lowest BCUT2D eigenvalue weighted by Gasteiger charge is -2.38. The summed E-state index contributed by atoms with van der Waals surface area (Å²) in [6.07, 6.45) is -1.58. The molecule has 0 bridgehead atoms. The minimum Gasteiger partial charge on any atom is -0.369 e. The quantitative estimate of drug-likeness (QED) is 0.790. The van der Waals surface area contributed by atoms with E-state index in [9.17, 15) is 5.11 Å². The van der Waals surface area contributed by atoms with Gasteiger partial charge in [0.1, 0.15) is 12.2 Å². The summed E-state index contributed by atoms with van der Waals surface area (Å²) in [5.74, 6) is 0. The third kappa shape index (κ3) is 4.59. The van der Waals surface area contributed by atoms with E-state index in [1.54, 1.807) is 0 Å². The Hall–Kier alpha value is -1.37. The molecule has 128 valence electrons. The molecule has 0 aromatic heterocycles. The van der Waals surface area contributed by atoms with Crippen molar-refractivity contribution in [3.8, 4) is 0 Å². The van der Waals surface area contributed by atoms with Crippen LogP contribution in [0.1, 0.15) is 11.1 Å². The first-order valence-corrected chi connectivity index (χ1v) is 8.54. The Morgan fingerprint density at radius 3 is 2.04 bits per heavy atom. The van der Waals surface area contributed by atoms with E-state index in [2.05, 4.69) is 12.6 Å². The van der Waals surface area contributed by atoms with E-state index in [1.807, 2.05) is 60.7 Å². The van der Waals surface area contributed by atoms with Crippen LogP contribution in [0.2, 0.25) is 0 Å². The van der Waals surface area contributed by atoms with Gasteiger partial charge >= 0.3 is 0 Å². The summed E-state index contributed by atoms with van der Waals surface area (Å²) in [4.78, 5) is 0. The van der Waals surface area contributed by atoms with E-state index in [4.69, 9.17) is 14.2 Å². The van der Waals surface area contributed by atoms with Gasteiger partial charge in [0, 0.05) is 0 Å². The summed E-state index contributed by atoms with van der Waals surface area (Å²) in [5.41, 5.74) is 2.15. The molecule has 2 aromatic carbocycles. The number of aliphatic hydroxyl groups is 1. The van der Waals surface area contributed by atoms with Crippen LogP contribution in [0.25, 0.3) is 0 Å². The second-order valence-electron chi connectivity index (χ2n) is 5.81. The summed E-state index contributed by atoms with van der Waals surface area (Å²) in [5, 5.41) is 9.46. The molecule has 0 unspecified atom stereocenters. The summed E-state index contributed by atoms with van der Waals surface area (Å²) < 4.78 is 17.3. The average molecular weight is 346 g/mol. The molecule has 5 heteroatoms. The molecule has 0 aliphatic carbocycles. The average Bonchev–Trinajstić information content (AvgIpc) is 2.63. The van der Waals surface area contributed by atoms with Crippen molar-refractivity contribution in [3.63, 3.8) is 0 Å². The molecule has 1 fully saturated rings. The number of hydrogen-bond donors (Lipinski definition) is 2. The van der Waals surface area contributed by atoms with Gasteiger partial charge in [-0.05, 0) is 11.1 Å². The highest BCUT2D eigenvalue weighted by atomic mass is 32.1. The number of benzene rings is 2. The van der Waals surface area contributed by atoms with Crippen molar-refractivity contribution >= 4 is 12.6 Å². The summed E-state index contributed by atoms with van der Waals surface area (Å²) in [6.45, 7) is 1.20. The minimum absolute atomic E-state index is 0.278. The molecule has 1 saturated heterocycles. The van der Waals surface area contributed by atoms with Gasteiger partial charge in [0.25, 0.3) is 0 Å². The number of aliphatic hydroxyl groups excluding tert-OH is 1. The highest BCUT2D eigenvalue weighted by Gasteiger charge is 2.39. The molecule has 4 atom stereocenters. The largest absolute Gasteiger partial charge is 0.369 e. The molecule has 1 heterocycles. The topological polar surface area (TPSA) is 47.9 Å². The van der Waals surface area contributed by atoms with Crippen LogP contribution < -0.4 is 0 Å². The van der Waals surface area contributed by atoms with Crippen molar-refractivity contribution in [3.05, 3.63) is 71.8 Å². The Morgan fingerprint density at radius 1 is 0.917 bits per heavy atom. The van der Waals surface area contributed by atoms with Gasteiger partial charge in [-0.25, -0.2) is 0 Å². The third-order valence-electron chi connectivity index (χ3n) is 4.02. The molecule has 24 heavy (non-hydrogen) atoms. The van der Waals surface area contributed by atoms with E-state index < -0.39 is 11.5 Å². The van der Waals surface area contributed by atoms with E-state index in [0.29, 0.717) is 13.2 Å². The summed E-state index contributed by atoms with van der Waals surface area (Å²) in [6, 6.07) is 19.9. The third-order valence-corrected chi connectivity index (χ3v) is 4.57. The van der Waals surface area contributed by atoms with Crippen LogP contribution in [-0.4, -0.2) is 35.5 Å². The van der Waals surface area contributed by atoms with Gasteiger partial charge in [-0.2, -0.15) is 12.6 Å². The molecule has 0 amide bonds. The molecule has 1 aliphatic rings. The van der Waals surface area contributed by atoms with Crippen molar-refractivity contribution in [1.82, 2.24) is 0 Å². The van der Waals surface area contributed by atoms with Crippen molar-refractivity contribution in [2.75, 3.05) is 6.61 Å². The van der Waals surface area contributed by atoms with Crippen LogP contribution in [0.4, 0.5) is 0 Å². The maximum atomic E-state index is 9.91. The molecule has 1 N–H and O–H groups in total. The lowest BCUT2D eigenvalue weighted by atomic mass is 10.1. The molecule has 0 radical (unpaired) electrons. The number of thiol groups is 1. The SMILES string of the molecule is O[C@H]1OC[C@@H](OCc2ccccc2)[C@H](OCc2ccccc2)[C@H]1S. The maximum Gasteiger partial charge on any atom is 0.168 e. The van der Waals surface area contributed by atoms with E-state index >= 15 is 0 Å². The standard InChI is InChI=1S/C19H22O4S/c20-19-18(24)17(22-12-15-9-5-2-6-10-15)16(13-23-19)21-11-14-7-3-1-4-8-14/h1-10,16-20,24H,11-13H2/t16-,17+,18-,19+/m1/s1. The number of ether oxygens (including phenoxy) is 3. The Labute approximate surface area is 147 Å². The Balaban J connectivity index is 1.61. The Kier molecular flexibility index (Phi) is 6.29. The molecule has 0 saturated carbocycles. The van der Waals surface area contributed by atoms with Crippen LogP contribution in [-0.2, 0) is 27.4 Å². The molecular weight excluding hydrogens is 324 g/mol. The van der Waals surface area contributed by atoms with Gasteiger partial charge in [-0.15, -0.1) is 0 Å². The van der Waals surface area contributed by atoms with Crippen LogP contribution >= 0.6 is 12.6 Å². The predicted octanol–water partition coefficient (Wildman–Crippen LogP) is 2.80. The van der Waals surface area contributed by atoms with E-state index in [1.165, 1.54) is 0 Å². The molecule has 2 aromatic rings. The predicted molar refractivity (Wildman–Crippen MR) is 94.8 cm³/mol. The highest BCUT2D eigenvalue weighted by molar-refractivity contribution is 7.81. The Morgan fingerprint density at radius 2 is 1.46 bits per heavy atom. The summed E-state index contributed by atoms with van der Waals surface area (Å²) in [7, 11) is 0. The molecule has 4 nitrogen and oxygen atoms in total.